The third kappa shape index (κ3) is 3.37. The highest BCUT2D eigenvalue weighted by molar-refractivity contribution is 6.32. The summed E-state index contributed by atoms with van der Waals surface area (Å²) in [4.78, 5) is 20.6. The highest BCUT2D eigenvalue weighted by Gasteiger charge is 2.22. The molecule has 1 N–H and O–H groups in total. The third-order valence-corrected chi connectivity index (χ3v) is 5.14. The molecule has 0 saturated heterocycles. The minimum absolute atomic E-state index is 0.00534. The van der Waals surface area contributed by atoms with E-state index in [4.69, 9.17) is 16.3 Å². The molecule has 8 heteroatoms. The van der Waals surface area contributed by atoms with Gasteiger partial charge >= 0.3 is 5.97 Å². The standard InChI is InChI=1S/C22H17ClFN3O3/c1-12-10-15-18(22(28)29)25-20(14-8-9-16(23)19(30-2)17(14)24)26-21(15)27(12)11-13-6-4-3-5-7-13/h3-10H,11H2,1-2H3,(H,28,29). The Hall–Kier alpha value is -3.45. The number of carbonyl (C=O) groups is 1. The maximum Gasteiger partial charge on any atom is 0.355 e. The van der Waals surface area contributed by atoms with E-state index < -0.39 is 11.8 Å². The molecule has 0 radical (unpaired) electrons. The lowest BCUT2D eigenvalue weighted by Gasteiger charge is -2.11. The van der Waals surface area contributed by atoms with Gasteiger partial charge in [-0.3, -0.25) is 0 Å². The topological polar surface area (TPSA) is 77.2 Å². The Bertz CT molecular complexity index is 1270. The molecule has 0 fully saturated rings. The number of rotatable bonds is 5. The highest BCUT2D eigenvalue weighted by Crippen LogP contribution is 2.34. The Balaban J connectivity index is 1.97. The van der Waals surface area contributed by atoms with Gasteiger partial charge in [0.1, 0.15) is 5.65 Å². The SMILES string of the molecule is COc1c(Cl)ccc(-c2nc(C(=O)O)c3cc(C)n(Cc4ccccc4)c3n2)c1F. The summed E-state index contributed by atoms with van der Waals surface area (Å²) in [7, 11) is 1.30. The molecule has 0 aliphatic heterocycles. The molecule has 0 bridgehead atoms. The predicted octanol–water partition coefficient (Wildman–Crippen LogP) is 4.95. The zero-order valence-corrected chi connectivity index (χ0v) is 16.9. The van der Waals surface area contributed by atoms with E-state index in [1.807, 2.05) is 41.8 Å². The van der Waals surface area contributed by atoms with E-state index in [2.05, 4.69) is 9.97 Å². The van der Waals surface area contributed by atoms with Crippen LogP contribution in [0.3, 0.4) is 0 Å². The Kier molecular flexibility index (Phi) is 5.13. The third-order valence-electron chi connectivity index (χ3n) is 4.84. The largest absolute Gasteiger partial charge is 0.492 e. The predicted molar refractivity (Wildman–Crippen MR) is 112 cm³/mol. The van der Waals surface area contributed by atoms with Crippen molar-refractivity contribution in [1.29, 1.82) is 0 Å². The van der Waals surface area contributed by atoms with Crippen LogP contribution < -0.4 is 4.74 Å². The number of hydrogen-bond donors (Lipinski definition) is 1. The van der Waals surface area contributed by atoms with E-state index in [1.54, 1.807) is 6.07 Å². The number of carboxylic acids is 1. The molecule has 6 nitrogen and oxygen atoms in total. The van der Waals surface area contributed by atoms with Crippen molar-refractivity contribution in [2.24, 2.45) is 0 Å². The molecule has 2 aromatic carbocycles. The van der Waals surface area contributed by atoms with Gasteiger partial charge in [-0.2, -0.15) is 0 Å². The van der Waals surface area contributed by atoms with Crippen molar-refractivity contribution in [3.8, 4) is 17.1 Å². The Labute approximate surface area is 176 Å². The number of ether oxygens (including phenoxy) is 1. The fourth-order valence-corrected chi connectivity index (χ4v) is 3.61. The van der Waals surface area contributed by atoms with E-state index in [9.17, 15) is 14.3 Å². The maximum atomic E-state index is 15.0. The van der Waals surface area contributed by atoms with Crippen LogP contribution in [0.25, 0.3) is 22.4 Å². The summed E-state index contributed by atoms with van der Waals surface area (Å²) in [5, 5.41) is 10.2. The maximum absolute atomic E-state index is 15.0. The van der Waals surface area contributed by atoms with Crippen LogP contribution in [0.15, 0.2) is 48.5 Å². The van der Waals surface area contributed by atoms with Gasteiger partial charge in [-0.1, -0.05) is 41.9 Å². The molecule has 0 spiro atoms. The lowest BCUT2D eigenvalue weighted by molar-refractivity contribution is 0.0693. The van der Waals surface area contributed by atoms with Crippen LogP contribution in [-0.4, -0.2) is 32.7 Å². The number of nitrogens with zero attached hydrogens (tertiary/aromatic N) is 3. The van der Waals surface area contributed by atoms with Crippen LogP contribution in [0.5, 0.6) is 5.75 Å². The zero-order valence-electron chi connectivity index (χ0n) is 16.2. The minimum Gasteiger partial charge on any atom is -0.492 e. The molecule has 0 aliphatic carbocycles. The molecule has 0 aliphatic rings. The summed E-state index contributed by atoms with van der Waals surface area (Å²) in [6.07, 6.45) is 0. The van der Waals surface area contributed by atoms with E-state index in [0.29, 0.717) is 17.6 Å². The lowest BCUT2D eigenvalue weighted by atomic mass is 10.1. The summed E-state index contributed by atoms with van der Waals surface area (Å²) in [6.45, 7) is 2.35. The molecule has 0 atom stereocenters. The summed E-state index contributed by atoms with van der Waals surface area (Å²) in [5.41, 5.74) is 2.06. The Morgan fingerprint density at radius 3 is 2.60 bits per heavy atom. The molecule has 0 amide bonds. The first kappa shape index (κ1) is 19.8. The van der Waals surface area contributed by atoms with Crippen LogP contribution in [0.2, 0.25) is 5.02 Å². The summed E-state index contributed by atoms with van der Waals surface area (Å²) >= 11 is 5.98. The first-order valence-electron chi connectivity index (χ1n) is 9.08. The molecular weight excluding hydrogens is 409 g/mol. The molecular formula is C22H17ClFN3O3. The van der Waals surface area contributed by atoms with Crippen molar-refractivity contribution >= 4 is 28.6 Å². The van der Waals surface area contributed by atoms with Crippen molar-refractivity contribution in [1.82, 2.24) is 14.5 Å². The highest BCUT2D eigenvalue weighted by atomic mass is 35.5. The molecule has 2 heterocycles. The van der Waals surface area contributed by atoms with Crippen molar-refractivity contribution in [2.45, 2.75) is 13.5 Å². The van der Waals surface area contributed by atoms with Crippen molar-refractivity contribution in [3.63, 3.8) is 0 Å². The number of methoxy groups -OCH3 is 1. The van der Waals surface area contributed by atoms with E-state index in [1.165, 1.54) is 19.2 Å². The lowest BCUT2D eigenvalue weighted by Crippen LogP contribution is -2.08. The van der Waals surface area contributed by atoms with Gasteiger partial charge in [-0.15, -0.1) is 0 Å². The van der Waals surface area contributed by atoms with Gasteiger partial charge < -0.3 is 14.4 Å². The molecule has 0 unspecified atom stereocenters. The molecule has 4 aromatic rings. The second kappa shape index (κ2) is 7.76. The molecule has 152 valence electrons. The van der Waals surface area contributed by atoms with E-state index in [0.717, 1.165) is 11.3 Å². The Morgan fingerprint density at radius 1 is 1.20 bits per heavy atom. The van der Waals surface area contributed by atoms with Crippen molar-refractivity contribution < 1.29 is 19.0 Å². The minimum atomic E-state index is -1.22. The number of fused-ring (bicyclic) bond motifs is 1. The molecule has 0 saturated carbocycles. The number of benzene rings is 2. The fraction of sp³-hybridized carbons (Fsp3) is 0.136. The first-order chi connectivity index (χ1) is 14.4. The van der Waals surface area contributed by atoms with Gasteiger partial charge in [0, 0.05) is 12.2 Å². The second-order valence-electron chi connectivity index (χ2n) is 6.74. The monoisotopic (exact) mass is 425 g/mol. The van der Waals surface area contributed by atoms with E-state index >= 15 is 0 Å². The molecule has 2 aromatic heterocycles. The average Bonchev–Trinajstić information content (AvgIpc) is 3.03. The molecule has 4 rings (SSSR count). The van der Waals surface area contributed by atoms with Crippen LogP contribution in [0, 0.1) is 12.7 Å². The van der Waals surface area contributed by atoms with Crippen LogP contribution in [0.1, 0.15) is 21.7 Å². The van der Waals surface area contributed by atoms with Gasteiger partial charge in [-0.25, -0.2) is 19.2 Å². The fourth-order valence-electron chi connectivity index (χ4n) is 3.39. The quantitative estimate of drug-likeness (QED) is 0.489. The van der Waals surface area contributed by atoms with E-state index in [-0.39, 0.29) is 27.9 Å². The van der Waals surface area contributed by atoms with Crippen LogP contribution in [-0.2, 0) is 6.54 Å². The molecule has 30 heavy (non-hydrogen) atoms. The van der Waals surface area contributed by atoms with Gasteiger partial charge in [0.25, 0.3) is 0 Å². The van der Waals surface area contributed by atoms with Gasteiger partial charge in [0.2, 0.25) is 0 Å². The number of aromatic carboxylic acids is 1. The number of aromatic nitrogens is 3. The summed E-state index contributed by atoms with van der Waals surface area (Å²) in [6, 6.07) is 14.3. The smallest absolute Gasteiger partial charge is 0.355 e. The zero-order chi connectivity index (χ0) is 21.4. The summed E-state index contributed by atoms with van der Waals surface area (Å²) in [5.74, 6) is -2.18. The number of halogens is 2. The second-order valence-corrected chi connectivity index (χ2v) is 7.15. The van der Waals surface area contributed by atoms with Gasteiger partial charge in [-0.05, 0) is 30.7 Å². The number of aryl methyl sites for hydroxylation is 1. The van der Waals surface area contributed by atoms with Crippen molar-refractivity contribution in [3.05, 3.63) is 76.3 Å². The van der Waals surface area contributed by atoms with Crippen LogP contribution in [0.4, 0.5) is 4.39 Å². The number of hydrogen-bond acceptors (Lipinski definition) is 4. The first-order valence-corrected chi connectivity index (χ1v) is 9.46. The normalized spacial score (nSPS) is 11.1. The van der Waals surface area contributed by atoms with Gasteiger partial charge in [0.05, 0.1) is 23.1 Å². The average molecular weight is 426 g/mol. The van der Waals surface area contributed by atoms with Crippen molar-refractivity contribution in [2.75, 3.05) is 7.11 Å². The summed E-state index contributed by atoms with van der Waals surface area (Å²) < 4.78 is 21.9. The number of carboxylic acid groups (broad SMARTS) is 1. The van der Waals surface area contributed by atoms with Crippen LogP contribution >= 0.6 is 11.6 Å². The van der Waals surface area contributed by atoms with Gasteiger partial charge in [0.15, 0.2) is 23.1 Å². The Morgan fingerprint density at radius 2 is 1.93 bits per heavy atom.